The van der Waals surface area contributed by atoms with Gasteiger partial charge >= 0.3 is 5.97 Å². The molecule has 1 aliphatic heterocycles. The Morgan fingerprint density at radius 3 is 2.48 bits per heavy atom. The van der Waals surface area contributed by atoms with Crippen LogP contribution in [0.2, 0.25) is 0 Å². The van der Waals surface area contributed by atoms with Gasteiger partial charge in [0.25, 0.3) is 0 Å². The lowest BCUT2D eigenvalue weighted by atomic mass is 9.98. The number of methoxy groups -OCH3 is 1. The third kappa shape index (κ3) is 3.42. The number of carbonyl (C=O) groups is 2. The Morgan fingerprint density at radius 2 is 1.81 bits per heavy atom. The molecule has 8 heteroatoms. The summed E-state index contributed by atoms with van der Waals surface area (Å²) in [4.78, 5) is 25.9. The maximum atomic E-state index is 13.3. The second kappa shape index (κ2) is 7.28. The molecule has 0 saturated carbocycles. The lowest BCUT2D eigenvalue weighted by Gasteiger charge is -2.30. The minimum Gasteiger partial charge on any atom is -0.468 e. The van der Waals surface area contributed by atoms with Gasteiger partial charge in [0, 0.05) is 50.1 Å². The van der Waals surface area contributed by atoms with Crippen molar-refractivity contribution >= 4 is 38.2 Å². The smallest absolute Gasteiger partial charge is 0.317 e. The standard InChI is InChI=1S/C19H22N2O5S/c1-20(2)16-8-4-7-14-13(16)6-5-9-18(14)27(24,25)21-11-10-17(22)15(12-21)19(23)26-3/h4-9,15H,10-12H2,1-3H3. The lowest BCUT2D eigenvalue weighted by Crippen LogP contribution is -2.47. The Bertz CT molecular complexity index is 992. The number of sulfonamides is 1. The monoisotopic (exact) mass is 390 g/mol. The van der Waals surface area contributed by atoms with Crippen molar-refractivity contribution in [3.05, 3.63) is 36.4 Å². The number of nitrogens with zero attached hydrogens (tertiary/aromatic N) is 2. The van der Waals surface area contributed by atoms with Crippen molar-refractivity contribution < 1.29 is 22.7 Å². The number of benzene rings is 2. The van der Waals surface area contributed by atoms with Crippen LogP contribution in [0.15, 0.2) is 41.3 Å². The number of carbonyl (C=O) groups excluding carboxylic acids is 2. The molecule has 1 atom stereocenters. The molecule has 1 unspecified atom stereocenters. The van der Waals surface area contributed by atoms with Crippen LogP contribution in [0.1, 0.15) is 6.42 Å². The zero-order valence-electron chi connectivity index (χ0n) is 15.5. The first kappa shape index (κ1) is 19.3. The second-order valence-electron chi connectivity index (χ2n) is 6.68. The topological polar surface area (TPSA) is 84.0 Å². The van der Waals surface area contributed by atoms with Gasteiger partial charge in [-0.15, -0.1) is 0 Å². The van der Waals surface area contributed by atoms with Gasteiger partial charge in [-0.2, -0.15) is 4.31 Å². The highest BCUT2D eigenvalue weighted by molar-refractivity contribution is 7.89. The molecular weight excluding hydrogens is 368 g/mol. The van der Waals surface area contributed by atoms with Crippen molar-refractivity contribution in [2.24, 2.45) is 5.92 Å². The average molecular weight is 390 g/mol. The van der Waals surface area contributed by atoms with Gasteiger partial charge in [0.1, 0.15) is 11.7 Å². The predicted molar refractivity (Wildman–Crippen MR) is 102 cm³/mol. The molecule has 1 saturated heterocycles. The molecule has 0 N–H and O–H groups in total. The van der Waals surface area contributed by atoms with E-state index in [1.807, 2.05) is 37.2 Å². The Kier molecular flexibility index (Phi) is 5.21. The number of esters is 1. The molecule has 2 aromatic rings. The maximum Gasteiger partial charge on any atom is 0.317 e. The molecule has 1 aliphatic rings. The predicted octanol–water partition coefficient (Wildman–Crippen LogP) is 1.66. The molecule has 0 spiro atoms. The first-order valence-corrected chi connectivity index (χ1v) is 10.0. The summed E-state index contributed by atoms with van der Waals surface area (Å²) < 4.78 is 32.4. The van der Waals surface area contributed by atoms with E-state index in [0.717, 1.165) is 11.1 Å². The third-order valence-electron chi connectivity index (χ3n) is 4.83. The molecule has 3 rings (SSSR count). The summed E-state index contributed by atoms with van der Waals surface area (Å²) in [7, 11) is 1.11. The van der Waals surface area contributed by atoms with Crippen LogP contribution in [0.25, 0.3) is 10.8 Å². The van der Waals surface area contributed by atoms with Gasteiger partial charge in [-0.05, 0) is 12.1 Å². The van der Waals surface area contributed by atoms with E-state index in [1.54, 1.807) is 18.2 Å². The van der Waals surface area contributed by atoms with E-state index < -0.39 is 21.9 Å². The first-order valence-electron chi connectivity index (χ1n) is 8.57. The third-order valence-corrected chi connectivity index (χ3v) is 6.75. The van der Waals surface area contributed by atoms with Crippen LogP contribution in [0.5, 0.6) is 0 Å². The molecular formula is C19H22N2O5S. The minimum absolute atomic E-state index is 0.00723. The number of ketones is 1. The maximum absolute atomic E-state index is 13.3. The fraction of sp³-hybridized carbons (Fsp3) is 0.368. The van der Waals surface area contributed by atoms with Crippen molar-refractivity contribution in [2.75, 3.05) is 39.2 Å². The molecule has 1 heterocycles. The molecule has 0 amide bonds. The van der Waals surface area contributed by atoms with Crippen LogP contribution in [0.3, 0.4) is 0 Å². The number of hydrogen-bond donors (Lipinski definition) is 0. The highest BCUT2D eigenvalue weighted by Crippen LogP contribution is 2.32. The minimum atomic E-state index is -3.87. The van der Waals surface area contributed by atoms with Gasteiger partial charge in [0.2, 0.25) is 10.0 Å². The highest BCUT2D eigenvalue weighted by atomic mass is 32.2. The van der Waals surface area contributed by atoms with Crippen LogP contribution >= 0.6 is 0 Å². The first-order chi connectivity index (χ1) is 12.8. The normalized spacial score (nSPS) is 18.5. The molecule has 144 valence electrons. The number of anilines is 1. The fourth-order valence-corrected chi connectivity index (χ4v) is 5.05. The number of Topliss-reactive ketones (excluding diaryl/α,β-unsaturated/α-hetero) is 1. The summed E-state index contributed by atoms with van der Waals surface area (Å²) in [5.41, 5.74) is 0.908. The van der Waals surface area contributed by atoms with Crippen LogP contribution < -0.4 is 4.90 Å². The van der Waals surface area contributed by atoms with Crippen molar-refractivity contribution in [1.29, 1.82) is 0 Å². The van der Waals surface area contributed by atoms with E-state index >= 15 is 0 Å². The van der Waals surface area contributed by atoms with Gasteiger partial charge < -0.3 is 9.64 Å². The van der Waals surface area contributed by atoms with Gasteiger partial charge in [0.05, 0.1) is 12.0 Å². The molecule has 1 fully saturated rings. The van der Waals surface area contributed by atoms with Gasteiger partial charge in [0.15, 0.2) is 0 Å². The summed E-state index contributed by atoms with van der Waals surface area (Å²) in [6.07, 6.45) is -0.00723. The zero-order valence-corrected chi connectivity index (χ0v) is 16.3. The van der Waals surface area contributed by atoms with Gasteiger partial charge in [-0.3, -0.25) is 9.59 Å². The van der Waals surface area contributed by atoms with E-state index in [0.29, 0.717) is 5.39 Å². The van der Waals surface area contributed by atoms with Gasteiger partial charge in [-0.25, -0.2) is 8.42 Å². The number of fused-ring (bicyclic) bond motifs is 1. The second-order valence-corrected chi connectivity index (χ2v) is 8.58. The largest absolute Gasteiger partial charge is 0.468 e. The molecule has 7 nitrogen and oxygen atoms in total. The number of hydrogen-bond acceptors (Lipinski definition) is 6. The van der Waals surface area contributed by atoms with E-state index in [-0.39, 0.29) is 30.2 Å². The van der Waals surface area contributed by atoms with Crippen LogP contribution in [0.4, 0.5) is 5.69 Å². The number of ether oxygens (including phenoxy) is 1. The summed E-state index contributed by atoms with van der Waals surface area (Å²) in [6.45, 7) is -0.143. The molecule has 0 aliphatic carbocycles. The molecule has 0 radical (unpaired) electrons. The van der Waals surface area contributed by atoms with E-state index in [4.69, 9.17) is 0 Å². The summed E-state index contributed by atoms with van der Waals surface area (Å²) in [5.74, 6) is -2.07. The summed E-state index contributed by atoms with van der Waals surface area (Å²) in [5, 5.41) is 1.43. The lowest BCUT2D eigenvalue weighted by molar-refractivity contribution is -0.150. The Morgan fingerprint density at radius 1 is 1.15 bits per heavy atom. The van der Waals surface area contributed by atoms with Crippen molar-refractivity contribution in [3.8, 4) is 0 Å². The molecule has 2 aromatic carbocycles. The fourth-order valence-electron chi connectivity index (χ4n) is 3.39. The van der Waals surface area contributed by atoms with E-state index in [1.165, 1.54) is 11.4 Å². The molecule has 0 aromatic heterocycles. The Labute approximate surface area is 158 Å². The number of piperidine rings is 1. The quantitative estimate of drug-likeness (QED) is 0.583. The van der Waals surface area contributed by atoms with E-state index in [2.05, 4.69) is 4.74 Å². The van der Waals surface area contributed by atoms with Crippen molar-refractivity contribution in [1.82, 2.24) is 4.31 Å². The number of rotatable bonds is 4. The molecule has 27 heavy (non-hydrogen) atoms. The Hall–Kier alpha value is -2.45. The van der Waals surface area contributed by atoms with Crippen LogP contribution in [0, 0.1) is 5.92 Å². The summed E-state index contributed by atoms with van der Waals surface area (Å²) in [6, 6.07) is 10.6. The SMILES string of the molecule is COC(=O)C1CN(S(=O)(=O)c2cccc3c(N(C)C)cccc23)CCC1=O. The van der Waals surface area contributed by atoms with Crippen LogP contribution in [-0.4, -0.2) is 58.8 Å². The van der Waals surface area contributed by atoms with E-state index in [9.17, 15) is 18.0 Å². The molecule has 0 bridgehead atoms. The van der Waals surface area contributed by atoms with Crippen LogP contribution in [-0.2, 0) is 24.3 Å². The highest BCUT2D eigenvalue weighted by Gasteiger charge is 2.39. The Balaban J connectivity index is 2.06. The summed E-state index contributed by atoms with van der Waals surface area (Å²) >= 11 is 0. The zero-order chi connectivity index (χ0) is 19.8. The van der Waals surface area contributed by atoms with Crippen molar-refractivity contribution in [2.45, 2.75) is 11.3 Å². The average Bonchev–Trinajstić information content (AvgIpc) is 2.66. The van der Waals surface area contributed by atoms with Gasteiger partial charge in [-0.1, -0.05) is 24.3 Å². The van der Waals surface area contributed by atoms with Crippen molar-refractivity contribution in [3.63, 3.8) is 0 Å².